The number of aromatic nitrogens is 1. The van der Waals surface area contributed by atoms with Gasteiger partial charge in [-0.2, -0.15) is 0 Å². The van der Waals surface area contributed by atoms with Crippen LogP contribution in [0.15, 0.2) is 35.7 Å². The molecule has 1 aromatic carbocycles. The van der Waals surface area contributed by atoms with Gasteiger partial charge in [-0.25, -0.2) is 4.98 Å². The molecule has 5 heteroatoms. The third-order valence-electron chi connectivity index (χ3n) is 3.06. The average molecular weight is 289 g/mol. The number of carbonyl (C=O) groups excluding carboxylic acids is 1. The van der Waals surface area contributed by atoms with Gasteiger partial charge in [0.25, 0.3) is 0 Å². The van der Waals surface area contributed by atoms with Gasteiger partial charge in [-0.3, -0.25) is 4.79 Å². The average Bonchev–Trinajstić information content (AvgIpc) is 2.84. The zero-order valence-corrected chi connectivity index (χ0v) is 12.6. The minimum absolute atomic E-state index is 0.0560. The van der Waals surface area contributed by atoms with E-state index in [1.54, 1.807) is 23.3 Å². The summed E-state index contributed by atoms with van der Waals surface area (Å²) in [5.41, 5.74) is 7.99. The molecule has 20 heavy (non-hydrogen) atoms. The molecule has 0 fully saturated rings. The fraction of sp³-hybridized carbons (Fsp3) is 0.333. The Morgan fingerprint density at radius 1 is 1.40 bits per heavy atom. The quantitative estimate of drug-likeness (QED) is 0.915. The number of nitrogens with zero attached hydrogens (tertiary/aromatic N) is 2. The summed E-state index contributed by atoms with van der Waals surface area (Å²) in [7, 11) is 1.77. The summed E-state index contributed by atoms with van der Waals surface area (Å²) < 4.78 is 0. The van der Waals surface area contributed by atoms with Crippen molar-refractivity contribution in [2.24, 2.45) is 5.73 Å². The number of rotatable bonds is 5. The van der Waals surface area contributed by atoms with Crippen LogP contribution in [0.2, 0.25) is 0 Å². The molecule has 2 rings (SSSR count). The Balaban J connectivity index is 1.92. The molecule has 0 aliphatic rings. The lowest BCUT2D eigenvalue weighted by molar-refractivity contribution is -0.131. The predicted octanol–water partition coefficient (Wildman–Crippen LogP) is 1.98. The van der Waals surface area contributed by atoms with Gasteiger partial charge in [-0.1, -0.05) is 30.3 Å². The summed E-state index contributed by atoms with van der Waals surface area (Å²) >= 11 is 1.59. The third-order valence-corrected chi connectivity index (χ3v) is 3.88. The number of nitrogens with two attached hydrogens (primary N) is 1. The van der Waals surface area contributed by atoms with Gasteiger partial charge in [0.15, 0.2) is 0 Å². The van der Waals surface area contributed by atoms with E-state index in [2.05, 4.69) is 4.98 Å². The molecule has 1 unspecified atom stereocenters. The van der Waals surface area contributed by atoms with Crippen molar-refractivity contribution in [1.29, 1.82) is 0 Å². The lowest BCUT2D eigenvalue weighted by Crippen LogP contribution is -2.42. The number of amides is 1. The second kappa shape index (κ2) is 6.63. The maximum absolute atomic E-state index is 12.2. The summed E-state index contributed by atoms with van der Waals surface area (Å²) in [6.45, 7) is 2.46. The second-order valence-corrected chi connectivity index (χ2v) is 5.91. The fourth-order valence-corrected chi connectivity index (χ4v) is 2.64. The van der Waals surface area contributed by atoms with Gasteiger partial charge < -0.3 is 10.6 Å². The first kappa shape index (κ1) is 14.7. The van der Waals surface area contributed by atoms with Crippen LogP contribution in [0, 0.1) is 6.92 Å². The van der Waals surface area contributed by atoms with Crippen LogP contribution in [-0.2, 0) is 17.8 Å². The zero-order chi connectivity index (χ0) is 14.5. The highest BCUT2D eigenvalue weighted by Crippen LogP contribution is 2.11. The summed E-state index contributed by atoms with van der Waals surface area (Å²) in [5.74, 6) is -0.0560. The predicted molar refractivity (Wildman–Crippen MR) is 81.4 cm³/mol. The standard InChI is InChI=1S/C15H19N3OS/c1-11-17-13(10-20-11)9-18(2)15(19)14(16)8-12-6-4-3-5-7-12/h3-7,10,14H,8-9,16H2,1-2H3. The smallest absolute Gasteiger partial charge is 0.239 e. The molecule has 0 aliphatic heterocycles. The first-order valence-corrected chi connectivity index (χ1v) is 7.39. The number of hydrogen-bond donors (Lipinski definition) is 1. The molecular formula is C15H19N3OS. The normalized spacial score (nSPS) is 12.2. The second-order valence-electron chi connectivity index (χ2n) is 4.85. The molecule has 0 saturated heterocycles. The molecule has 0 radical (unpaired) electrons. The van der Waals surface area contributed by atoms with E-state index in [-0.39, 0.29) is 5.91 Å². The van der Waals surface area contributed by atoms with Gasteiger partial charge in [0.1, 0.15) is 0 Å². The van der Waals surface area contributed by atoms with E-state index in [0.29, 0.717) is 13.0 Å². The van der Waals surface area contributed by atoms with E-state index in [1.165, 1.54) is 0 Å². The summed E-state index contributed by atoms with van der Waals surface area (Å²) in [6, 6.07) is 9.31. The molecule has 2 N–H and O–H groups in total. The maximum Gasteiger partial charge on any atom is 0.239 e. The Morgan fingerprint density at radius 2 is 2.10 bits per heavy atom. The number of carbonyl (C=O) groups is 1. The molecule has 2 aromatic rings. The van der Waals surface area contributed by atoms with Crippen LogP contribution in [0.4, 0.5) is 0 Å². The molecule has 1 heterocycles. The number of thiazole rings is 1. The van der Waals surface area contributed by atoms with Crippen molar-refractivity contribution in [3.63, 3.8) is 0 Å². The molecule has 0 saturated carbocycles. The van der Waals surface area contributed by atoms with Crippen LogP contribution >= 0.6 is 11.3 Å². The lowest BCUT2D eigenvalue weighted by Gasteiger charge is -2.20. The Bertz CT molecular complexity index is 568. The van der Waals surface area contributed by atoms with Crippen molar-refractivity contribution in [1.82, 2.24) is 9.88 Å². The minimum atomic E-state index is -0.512. The van der Waals surface area contributed by atoms with Gasteiger partial charge in [-0.15, -0.1) is 11.3 Å². The number of benzene rings is 1. The topological polar surface area (TPSA) is 59.2 Å². The van der Waals surface area contributed by atoms with E-state index in [9.17, 15) is 4.79 Å². The van der Waals surface area contributed by atoms with Gasteiger partial charge in [-0.05, 0) is 18.9 Å². The van der Waals surface area contributed by atoms with Crippen molar-refractivity contribution >= 4 is 17.2 Å². The summed E-state index contributed by atoms with van der Waals surface area (Å²) in [5, 5.41) is 2.98. The Labute approximate surface area is 123 Å². The first-order valence-electron chi connectivity index (χ1n) is 6.51. The molecule has 0 bridgehead atoms. The van der Waals surface area contributed by atoms with Crippen LogP contribution < -0.4 is 5.73 Å². The summed E-state index contributed by atoms with van der Waals surface area (Å²) in [6.07, 6.45) is 0.556. The molecule has 4 nitrogen and oxygen atoms in total. The largest absolute Gasteiger partial charge is 0.338 e. The van der Waals surface area contributed by atoms with Crippen LogP contribution in [0.25, 0.3) is 0 Å². The molecule has 1 amide bonds. The highest BCUT2D eigenvalue weighted by atomic mass is 32.1. The van der Waals surface area contributed by atoms with E-state index in [1.807, 2.05) is 42.6 Å². The Hall–Kier alpha value is -1.72. The van der Waals surface area contributed by atoms with E-state index < -0.39 is 6.04 Å². The monoisotopic (exact) mass is 289 g/mol. The molecule has 0 spiro atoms. The number of hydrogen-bond acceptors (Lipinski definition) is 4. The van der Waals surface area contributed by atoms with Crippen LogP contribution in [0.3, 0.4) is 0 Å². The van der Waals surface area contributed by atoms with Gasteiger partial charge in [0, 0.05) is 12.4 Å². The molecule has 0 aliphatic carbocycles. The highest BCUT2D eigenvalue weighted by Gasteiger charge is 2.19. The molecule has 1 atom stereocenters. The highest BCUT2D eigenvalue weighted by molar-refractivity contribution is 7.09. The number of likely N-dealkylation sites (N-methyl/N-ethyl adjacent to an activating group) is 1. The SMILES string of the molecule is Cc1nc(CN(C)C(=O)C(N)Cc2ccccc2)cs1. The van der Waals surface area contributed by atoms with Crippen molar-refractivity contribution in [2.75, 3.05) is 7.05 Å². The van der Waals surface area contributed by atoms with Crippen molar-refractivity contribution in [2.45, 2.75) is 25.9 Å². The minimum Gasteiger partial charge on any atom is -0.338 e. The van der Waals surface area contributed by atoms with E-state index >= 15 is 0 Å². The fourth-order valence-electron chi connectivity index (χ4n) is 2.04. The van der Waals surface area contributed by atoms with E-state index in [0.717, 1.165) is 16.3 Å². The van der Waals surface area contributed by atoms with Crippen LogP contribution in [0.5, 0.6) is 0 Å². The van der Waals surface area contributed by atoms with Gasteiger partial charge in [0.05, 0.1) is 23.3 Å². The van der Waals surface area contributed by atoms with Gasteiger partial charge in [0.2, 0.25) is 5.91 Å². The molecule has 106 valence electrons. The van der Waals surface area contributed by atoms with Crippen LogP contribution in [-0.4, -0.2) is 28.9 Å². The van der Waals surface area contributed by atoms with Crippen molar-refractivity contribution in [3.8, 4) is 0 Å². The number of aryl methyl sites for hydroxylation is 1. The lowest BCUT2D eigenvalue weighted by atomic mass is 10.1. The van der Waals surface area contributed by atoms with Crippen LogP contribution in [0.1, 0.15) is 16.3 Å². The van der Waals surface area contributed by atoms with Crippen molar-refractivity contribution < 1.29 is 4.79 Å². The molecular weight excluding hydrogens is 270 g/mol. The first-order chi connectivity index (χ1) is 9.56. The van der Waals surface area contributed by atoms with E-state index in [4.69, 9.17) is 5.73 Å². The maximum atomic E-state index is 12.2. The third kappa shape index (κ3) is 3.88. The van der Waals surface area contributed by atoms with Crippen molar-refractivity contribution in [3.05, 3.63) is 52.0 Å². The summed E-state index contributed by atoms with van der Waals surface area (Å²) in [4.78, 5) is 18.2. The molecule has 1 aromatic heterocycles. The zero-order valence-electron chi connectivity index (χ0n) is 11.7. The Morgan fingerprint density at radius 3 is 2.70 bits per heavy atom. The van der Waals surface area contributed by atoms with Gasteiger partial charge >= 0.3 is 0 Å². The Kier molecular flexibility index (Phi) is 4.87.